The lowest BCUT2D eigenvalue weighted by Crippen LogP contribution is -2.41. The van der Waals surface area contributed by atoms with Gasteiger partial charge in [-0.1, -0.05) is 13.8 Å². The van der Waals surface area contributed by atoms with E-state index in [0.29, 0.717) is 24.6 Å². The SMILES string of the molecule is Cc1c(C(=O)N2Cc3nnc(C(C)C)n3[C@@H](C)C2)c2cc(O)ccc2n1C. The fraction of sp³-hybridized carbons (Fsp3) is 0.450. The van der Waals surface area contributed by atoms with Crippen molar-refractivity contribution in [2.24, 2.45) is 7.05 Å². The van der Waals surface area contributed by atoms with Crippen LogP contribution < -0.4 is 0 Å². The van der Waals surface area contributed by atoms with Gasteiger partial charge in [-0.3, -0.25) is 4.79 Å². The first-order valence-electron chi connectivity index (χ1n) is 9.30. The summed E-state index contributed by atoms with van der Waals surface area (Å²) in [6, 6.07) is 5.28. The molecule has 0 radical (unpaired) electrons. The Balaban J connectivity index is 1.75. The highest BCUT2D eigenvalue weighted by atomic mass is 16.3. The number of amides is 1. The van der Waals surface area contributed by atoms with E-state index in [-0.39, 0.29) is 17.7 Å². The number of aryl methyl sites for hydroxylation is 1. The lowest BCUT2D eigenvalue weighted by Gasteiger charge is -2.33. The molecule has 7 nitrogen and oxygen atoms in total. The second kappa shape index (κ2) is 6.11. The van der Waals surface area contributed by atoms with E-state index in [1.807, 2.05) is 29.5 Å². The van der Waals surface area contributed by atoms with Crippen LogP contribution in [0.1, 0.15) is 60.4 Å². The van der Waals surface area contributed by atoms with Crippen LogP contribution in [0.5, 0.6) is 5.75 Å². The van der Waals surface area contributed by atoms with Crippen LogP contribution in [0.15, 0.2) is 18.2 Å². The molecule has 0 fully saturated rings. The third-order valence-corrected chi connectivity index (χ3v) is 5.54. The molecule has 1 N–H and O–H groups in total. The molecule has 27 heavy (non-hydrogen) atoms. The summed E-state index contributed by atoms with van der Waals surface area (Å²) in [5, 5.41) is 19.4. The van der Waals surface area contributed by atoms with Gasteiger partial charge in [0.05, 0.1) is 18.2 Å². The van der Waals surface area contributed by atoms with Crippen molar-refractivity contribution in [3.05, 3.63) is 41.1 Å². The van der Waals surface area contributed by atoms with E-state index in [1.54, 1.807) is 12.1 Å². The molecule has 1 atom stereocenters. The Morgan fingerprint density at radius 2 is 2.04 bits per heavy atom. The first kappa shape index (κ1) is 17.6. The highest BCUT2D eigenvalue weighted by molar-refractivity contribution is 6.08. The molecule has 1 amide bonds. The quantitative estimate of drug-likeness (QED) is 0.755. The van der Waals surface area contributed by atoms with Crippen molar-refractivity contribution in [1.82, 2.24) is 24.2 Å². The number of hydrogen-bond donors (Lipinski definition) is 1. The van der Waals surface area contributed by atoms with Crippen molar-refractivity contribution in [3.8, 4) is 5.75 Å². The molecule has 0 unspecified atom stereocenters. The van der Waals surface area contributed by atoms with Crippen LogP contribution >= 0.6 is 0 Å². The Morgan fingerprint density at radius 3 is 2.74 bits per heavy atom. The molecule has 3 aromatic rings. The van der Waals surface area contributed by atoms with Crippen LogP contribution in [0.25, 0.3) is 10.9 Å². The van der Waals surface area contributed by atoms with E-state index in [4.69, 9.17) is 0 Å². The Kier molecular flexibility index (Phi) is 3.98. The number of benzene rings is 1. The van der Waals surface area contributed by atoms with Gasteiger partial charge in [0.25, 0.3) is 5.91 Å². The average molecular weight is 367 g/mol. The minimum absolute atomic E-state index is 0.0316. The van der Waals surface area contributed by atoms with Gasteiger partial charge in [0.1, 0.15) is 11.6 Å². The molecule has 142 valence electrons. The summed E-state index contributed by atoms with van der Waals surface area (Å²) < 4.78 is 4.16. The van der Waals surface area contributed by atoms with Crippen LogP contribution in [-0.4, -0.2) is 41.8 Å². The lowest BCUT2D eigenvalue weighted by atomic mass is 10.1. The summed E-state index contributed by atoms with van der Waals surface area (Å²) in [6.45, 7) is 9.30. The van der Waals surface area contributed by atoms with Gasteiger partial charge >= 0.3 is 0 Å². The van der Waals surface area contributed by atoms with Gasteiger partial charge in [-0.05, 0) is 32.0 Å². The molecule has 0 spiro atoms. The van der Waals surface area contributed by atoms with Gasteiger partial charge in [-0.15, -0.1) is 10.2 Å². The summed E-state index contributed by atoms with van der Waals surface area (Å²) in [4.78, 5) is 15.3. The largest absolute Gasteiger partial charge is 0.508 e. The van der Waals surface area contributed by atoms with Crippen molar-refractivity contribution in [2.75, 3.05) is 6.54 Å². The Bertz CT molecular complexity index is 1050. The topological polar surface area (TPSA) is 76.2 Å². The highest BCUT2D eigenvalue weighted by Gasteiger charge is 2.32. The van der Waals surface area contributed by atoms with Crippen molar-refractivity contribution >= 4 is 16.8 Å². The third-order valence-electron chi connectivity index (χ3n) is 5.54. The summed E-state index contributed by atoms with van der Waals surface area (Å²) in [5.74, 6) is 2.22. The second-order valence-corrected chi connectivity index (χ2v) is 7.75. The fourth-order valence-electron chi connectivity index (χ4n) is 4.10. The number of rotatable bonds is 2. The first-order valence-corrected chi connectivity index (χ1v) is 9.30. The number of phenols is 1. The maximum absolute atomic E-state index is 13.4. The molecule has 0 bridgehead atoms. The number of aromatic hydroxyl groups is 1. The molecule has 3 heterocycles. The summed E-state index contributed by atoms with van der Waals surface area (Å²) in [5.41, 5.74) is 2.47. The van der Waals surface area contributed by atoms with E-state index in [1.165, 1.54) is 0 Å². The molecule has 7 heteroatoms. The number of fused-ring (bicyclic) bond motifs is 2. The maximum atomic E-state index is 13.4. The summed E-state index contributed by atoms with van der Waals surface area (Å²) in [7, 11) is 1.94. The minimum atomic E-state index is -0.0316. The zero-order chi connectivity index (χ0) is 19.5. The van der Waals surface area contributed by atoms with E-state index in [9.17, 15) is 9.90 Å². The monoisotopic (exact) mass is 367 g/mol. The predicted molar refractivity (Wildman–Crippen MR) is 103 cm³/mol. The zero-order valence-electron chi connectivity index (χ0n) is 16.4. The molecule has 2 aromatic heterocycles. The minimum Gasteiger partial charge on any atom is -0.508 e. The van der Waals surface area contributed by atoms with Crippen molar-refractivity contribution in [2.45, 2.75) is 46.2 Å². The van der Waals surface area contributed by atoms with E-state index in [2.05, 4.69) is 35.5 Å². The number of hydrogen-bond acceptors (Lipinski definition) is 4. The molecular weight excluding hydrogens is 342 g/mol. The Labute approximate surface area is 158 Å². The molecule has 1 aliphatic rings. The van der Waals surface area contributed by atoms with Crippen LogP contribution in [0.3, 0.4) is 0 Å². The molecular formula is C20H25N5O2. The summed E-state index contributed by atoms with van der Waals surface area (Å²) in [6.07, 6.45) is 0. The number of carbonyl (C=O) groups is 1. The van der Waals surface area contributed by atoms with E-state index < -0.39 is 0 Å². The third kappa shape index (κ3) is 2.60. The van der Waals surface area contributed by atoms with E-state index >= 15 is 0 Å². The van der Waals surface area contributed by atoms with Crippen molar-refractivity contribution < 1.29 is 9.90 Å². The van der Waals surface area contributed by atoms with Crippen LogP contribution in [0.2, 0.25) is 0 Å². The zero-order valence-corrected chi connectivity index (χ0v) is 16.4. The first-order chi connectivity index (χ1) is 12.8. The molecule has 1 aliphatic heterocycles. The summed E-state index contributed by atoms with van der Waals surface area (Å²) >= 11 is 0. The van der Waals surface area contributed by atoms with Gasteiger partial charge in [-0.2, -0.15) is 0 Å². The van der Waals surface area contributed by atoms with Crippen molar-refractivity contribution in [3.63, 3.8) is 0 Å². The van der Waals surface area contributed by atoms with Gasteiger partial charge in [0.2, 0.25) is 0 Å². The highest BCUT2D eigenvalue weighted by Crippen LogP contribution is 2.31. The number of phenolic OH excluding ortho intramolecular Hbond substituents is 1. The molecule has 4 rings (SSSR count). The second-order valence-electron chi connectivity index (χ2n) is 7.75. The van der Waals surface area contributed by atoms with Crippen molar-refractivity contribution in [1.29, 1.82) is 0 Å². The Hall–Kier alpha value is -2.83. The van der Waals surface area contributed by atoms with Crippen LogP contribution in [-0.2, 0) is 13.6 Å². The van der Waals surface area contributed by atoms with Gasteiger partial charge < -0.3 is 19.1 Å². The standard InChI is InChI=1S/C20H25N5O2/c1-11(2)19-22-21-17-10-24(9-12(3)25(17)19)20(27)18-13(4)23(5)16-7-6-14(26)8-15(16)18/h6-8,11-12,26H,9-10H2,1-5H3/t12-/m0/s1. The number of nitrogens with zero attached hydrogens (tertiary/aromatic N) is 5. The fourth-order valence-corrected chi connectivity index (χ4v) is 4.10. The lowest BCUT2D eigenvalue weighted by molar-refractivity contribution is 0.0680. The molecule has 1 aromatic carbocycles. The number of aromatic nitrogens is 4. The smallest absolute Gasteiger partial charge is 0.256 e. The van der Waals surface area contributed by atoms with Crippen LogP contribution in [0, 0.1) is 6.92 Å². The average Bonchev–Trinajstić information content (AvgIpc) is 3.15. The predicted octanol–water partition coefficient (Wildman–Crippen LogP) is 3.12. The number of carbonyl (C=O) groups excluding carboxylic acids is 1. The normalized spacial score (nSPS) is 17.0. The van der Waals surface area contributed by atoms with E-state index in [0.717, 1.165) is 28.2 Å². The maximum Gasteiger partial charge on any atom is 0.256 e. The van der Waals surface area contributed by atoms with Gasteiger partial charge in [0, 0.05) is 36.1 Å². The van der Waals surface area contributed by atoms with Gasteiger partial charge in [-0.25, -0.2) is 0 Å². The molecule has 0 aliphatic carbocycles. The molecule has 0 saturated carbocycles. The Morgan fingerprint density at radius 1 is 1.30 bits per heavy atom. The van der Waals surface area contributed by atoms with Crippen LogP contribution in [0.4, 0.5) is 0 Å². The molecule has 0 saturated heterocycles. The van der Waals surface area contributed by atoms with Gasteiger partial charge in [0.15, 0.2) is 5.82 Å².